The summed E-state index contributed by atoms with van der Waals surface area (Å²) in [5, 5.41) is 2.98. The zero-order chi connectivity index (χ0) is 19.8. The van der Waals surface area contributed by atoms with E-state index in [4.69, 9.17) is 9.47 Å². The third kappa shape index (κ3) is 5.84. The fourth-order valence-corrected chi connectivity index (χ4v) is 3.45. The van der Waals surface area contributed by atoms with Crippen LogP contribution in [0.2, 0.25) is 0 Å². The topological polar surface area (TPSA) is 64.6 Å². The van der Waals surface area contributed by atoms with Crippen LogP contribution < -0.4 is 10.1 Å². The highest BCUT2D eigenvalue weighted by molar-refractivity contribution is 5.91. The van der Waals surface area contributed by atoms with Crippen LogP contribution in [0.25, 0.3) is 0 Å². The van der Waals surface area contributed by atoms with Crippen LogP contribution in [-0.2, 0) is 16.1 Å². The molecule has 1 aliphatic carbocycles. The SMILES string of the molecule is CC1CCCCC1NC(=O)COC(=O)c1cccc(OCc2ccccc2)c1. The molecule has 0 bridgehead atoms. The van der Waals surface area contributed by atoms with Crippen LogP contribution in [-0.4, -0.2) is 24.5 Å². The van der Waals surface area contributed by atoms with E-state index in [2.05, 4.69) is 12.2 Å². The van der Waals surface area contributed by atoms with Gasteiger partial charge in [-0.3, -0.25) is 4.79 Å². The number of esters is 1. The zero-order valence-corrected chi connectivity index (χ0v) is 16.2. The van der Waals surface area contributed by atoms with Gasteiger partial charge < -0.3 is 14.8 Å². The summed E-state index contributed by atoms with van der Waals surface area (Å²) in [5.74, 6) is 0.270. The van der Waals surface area contributed by atoms with Crippen molar-refractivity contribution in [1.82, 2.24) is 5.32 Å². The molecule has 0 aromatic heterocycles. The maximum absolute atomic E-state index is 12.3. The molecule has 5 heteroatoms. The van der Waals surface area contributed by atoms with Crippen LogP contribution in [0.3, 0.4) is 0 Å². The summed E-state index contributed by atoms with van der Waals surface area (Å²) in [5.41, 5.74) is 1.41. The Hall–Kier alpha value is -2.82. The number of rotatable bonds is 7. The molecule has 5 nitrogen and oxygen atoms in total. The number of benzene rings is 2. The average molecular weight is 381 g/mol. The minimum Gasteiger partial charge on any atom is -0.489 e. The summed E-state index contributed by atoms with van der Waals surface area (Å²) >= 11 is 0. The summed E-state index contributed by atoms with van der Waals surface area (Å²) in [7, 11) is 0. The fourth-order valence-electron chi connectivity index (χ4n) is 3.45. The van der Waals surface area contributed by atoms with E-state index in [1.54, 1.807) is 24.3 Å². The van der Waals surface area contributed by atoms with Crippen molar-refractivity contribution in [3.05, 3.63) is 65.7 Å². The Morgan fingerprint density at radius 3 is 2.61 bits per heavy atom. The number of carbonyl (C=O) groups is 2. The first-order chi connectivity index (χ1) is 13.6. The maximum Gasteiger partial charge on any atom is 0.338 e. The molecule has 1 aliphatic rings. The highest BCUT2D eigenvalue weighted by atomic mass is 16.5. The van der Waals surface area contributed by atoms with E-state index in [1.807, 2.05) is 30.3 Å². The van der Waals surface area contributed by atoms with Gasteiger partial charge in [-0.15, -0.1) is 0 Å². The van der Waals surface area contributed by atoms with Crippen molar-refractivity contribution in [1.29, 1.82) is 0 Å². The van der Waals surface area contributed by atoms with Crippen molar-refractivity contribution in [3.63, 3.8) is 0 Å². The Bertz CT molecular complexity index is 790. The normalized spacial score (nSPS) is 18.9. The van der Waals surface area contributed by atoms with E-state index in [0.29, 0.717) is 23.8 Å². The van der Waals surface area contributed by atoms with Gasteiger partial charge in [-0.1, -0.05) is 56.2 Å². The van der Waals surface area contributed by atoms with Gasteiger partial charge in [0.25, 0.3) is 5.91 Å². The second kappa shape index (κ2) is 9.93. The van der Waals surface area contributed by atoms with Crippen LogP contribution in [0.5, 0.6) is 5.75 Å². The number of ether oxygens (including phenoxy) is 2. The van der Waals surface area contributed by atoms with Gasteiger partial charge >= 0.3 is 5.97 Å². The lowest BCUT2D eigenvalue weighted by Gasteiger charge is -2.29. The lowest BCUT2D eigenvalue weighted by Crippen LogP contribution is -2.42. The third-order valence-corrected chi connectivity index (χ3v) is 5.11. The van der Waals surface area contributed by atoms with E-state index < -0.39 is 5.97 Å². The molecule has 148 valence electrons. The van der Waals surface area contributed by atoms with Gasteiger partial charge in [-0.2, -0.15) is 0 Å². The molecule has 0 saturated heterocycles. The molecule has 28 heavy (non-hydrogen) atoms. The van der Waals surface area contributed by atoms with Gasteiger partial charge in [0.2, 0.25) is 0 Å². The fraction of sp³-hybridized carbons (Fsp3) is 0.391. The van der Waals surface area contributed by atoms with Crippen molar-refractivity contribution >= 4 is 11.9 Å². The average Bonchev–Trinajstić information content (AvgIpc) is 2.73. The molecule has 1 amide bonds. The Morgan fingerprint density at radius 1 is 1.04 bits per heavy atom. The minimum absolute atomic E-state index is 0.176. The van der Waals surface area contributed by atoms with Gasteiger partial charge in [-0.25, -0.2) is 4.79 Å². The largest absolute Gasteiger partial charge is 0.489 e. The van der Waals surface area contributed by atoms with Crippen molar-refractivity contribution in [2.75, 3.05) is 6.61 Å². The van der Waals surface area contributed by atoms with Crippen molar-refractivity contribution in [3.8, 4) is 5.75 Å². The lowest BCUT2D eigenvalue weighted by molar-refractivity contribution is -0.125. The number of hydrogen-bond donors (Lipinski definition) is 1. The minimum atomic E-state index is -0.531. The second-order valence-corrected chi connectivity index (χ2v) is 7.31. The zero-order valence-electron chi connectivity index (χ0n) is 16.2. The molecule has 1 N–H and O–H groups in total. The summed E-state index contributed by atoms with van der Waals surface area (Å²) in [4.78, 5) is 24.4. The van der Waals surface area contributed by atoms with Crippen LogP contribution in [0.15, 0.2) is 54.6 Å². The smallest absolute Gasteiger partial charge is 0.338 e. The number of hydrogen-bond acceptors (Lipinski definition) is 4. The third-order valence-electron chi connectivity index (χ3n) is 5.11. The van der Waals surface area contributed by atoms with E-state index in [-0.39, 0.29) is 18.6 Å². The summed E-state index contributed by atoms with van der Waals surface area (Å²) in [6, 6.07) is 16.8. The van der Waals surface area contributed by atoms with Gasteiger partial charge in [0.05, 0.1) is 5.56 Å². The highest BCUT2D eigenvalue weighted by Gasteiger charge is 2.23. The van der Waals surface area contributed by atoms with E-state index >= 15 is 0 Å². The first-order valence-electron chi connectivity index (χ1n) is 9.85. The Morgan fingerprint density at radius 2 is 1.82 bits per heavy atom. The van der Waals surface area contributed by atoms with E-state index in [9.17, 15) is 9.59 Å². The number of nitrogens with one attached hydrogen (secondary N) is 1. The predicted molar refractivity (Wildman–Crippen MR) is 107 cm³/mol. The Balaban J connectivity index is 1.48. The molecule has 0 aliphatic heterocycles. The van der Waals surface area contributed by atoms with Crippen molar-refractivity contribution in [2.24, 2.45) is 5.92 Å². The Kier molecular flexibility index (Phi) is 7.06. The van der Waals surface area contributed by atoms with Crippen LogP contribution >= 0.6 is 0 Å². The van der Waals surface area contributed by atoms with E-state index in [0.717, 1.165) is 24.8 Å². The van der Waals surface area contributed by atoms with E-state index in [1.165, 1.54) is 6.42 Å². The molecule has 1 saturated carbocycles. The number of carbonyl (C=O) groups excluding carboxylic acids is 2. The first-order valence-corrected chi connectivity index (χ1v) is 9.85. The molecule has 1 fully saturated rings. The molecule has 0 spiro atoms. The summed E-state index contributed by atoms with van der Waals surface area (Å²) in [6.07, 6.45) is 4.46. The predicted octanol–water partition coefficient (Wildman–Crippen LogP) is 4.12. The first kappa shape index (κ1) is 19.9. The molecule has 3 rings (SSSR count). The molecule has 0 radical (unpaired) electrons. The molecular weight excluding hydrogens is 354 g/mol. The van der Waals surface area contributed by atoms with Gasteiger partial charge in [-0.05, 0) is 42.5 Å². The molecule has 0 heterocycles. The maximum atomic E-state index is 12.3. The van der Waals surface area contributed by atoms with Gasteiger partial charge in [0, 0.05) is 6.04 Å². The monoisotopic (exact) mass is 381 g/mol. The number of amides is 1. The molecule has 2 unspecified atom stereocenters. The highest BCUT2D eigenvalue weighted by Crippen LogP contribution is 2.23. The van der Waals surface area contributed by atoms with Crippen molar-refractivity contribution in [2.45, 2.75) is 45.3 Å². The molecule has 2 aromatic rings. The van der Waals surface area contributed by atoms with Crippen molar-refractivity contribution < 1.29 is 19.1 Å². The summed E-state index contributed by atoms with van der Waals surface area (Å²) in [6.45, 7) is 2.30. The van der Waals surface area contributed by atoms with Gasteiger partial charge in [0.15, 0.2) is 6.61 Å². The second-order valence-electron chi connectivity index (χ2n) is 7.31. The Labute approximate surface area is 166 Å². The van der Waals surface area contributed by atoms with Crippen LogP contribution in [0.1, 0.15) is 48.5 Å². The summed E-state index contributed by atoms with van der Waals surface area (Å²) < 4.78 is 10.9. The van der Waals surface area contributed by atoms with Gasteiger partial charge in [0.1, 0.15) is 12.4 Å². The van der Waals surface area contributed by atoms with Crippen LogP contribution in [0, 0.1) is 5.92 Å². The molecular formula is C23H27NO4. The lowest BCUT2D eigenvalue weighted by atomic mass is 9.86. The molecule has 2 atom stereocenters. The standard InChI is InChI=1S/C23H27NO4/c1-17-8-5-6-13-21(17)24-22(25)16-28-23(26)19-11-7-12-20(14-19)27-15-18-9-3-2-4-10-18/h2-4,7,9-12,14,17,21H,5-6,8,13,15-16H2,1H3,(H,24,25). The quantitative estimate of drug-likeness (QED) is 0.733. The van der Waals surface area contributed by atoms with Crippen LogP contribution in [0.4, 0.5) is 0 Å². The molecule has 2 aromatic carbocycles.